The lowest BCUT2D eigenvalue weighted by molar-refractivity contribution is 0.445. The summed E-state index contributed by atoms with van der Waals surface area (Å²) >= 11 is 0. The first-order valence-corrected chi connectivity index (χ1v) is 4.69. The second-order valence-corrected chi connectivity index (χ2v) is 3.23. The Balaban J connectivity index is 2.15. The summed E-state index contributed by atoms with van der Waals surface area (Å²) in [6.07, 6.45) is 5.84. The number of rotatable bonds is 6. The molecule has 2 nitrogen and oxygen atoms in total. The van der Waals surface area contributed by atoms with Crippen molar-refractivity contribution in [1.82, 2.24) is 5.32 Å². The molecule has 0 saturated carbocycles. The van der Waals surface area contributed by atoms with Crippen molar-refractivity contribution in [2.75, 3.05) is 0 Å². The molecule has 1 N–H and O–H groups in total. The molecule has 0 saturated heterocycles. The van der Waals surface area contributed by atoms with Gasteiger partial charge >= 0.3 is 0 Å². The third-order valence-corrected chi connectivity index (χ3v) is 2.01. The average molecular weight is 179 g/mol. The Kier molecular flexibility index (Phi) is 4.33. The van der Waals surface area contributed by atoms with Crippen molar-refractivity contribution in [2.24, 2.45) is 0 Å². The van der Waals surface area contributed by atoms with Crippen LogP contribution in [0.3, 0.4) is 0 Å². The van der Waals surface area contributed by atoms with Gasteiger partial charge in [0.25, 0.3) is 0 Å². The molecule has 0 fully saturated rings. The summed E-state index contributed by atoms with van der Waals surface area (Å²) in [7, 11) is 0. The standard InChI is InChI=1S/C11H17NO/c1-3-4-6-10(2)12-9-11-7-5-8-13-11/h3,5,7-8,10,12H,1,4,6,9H2,2H3/t10-/m1/s1. The van der Waals surface area contributed by atoms with Crippen LogP contribution in [-0.2, 0) is 6.54 Å². The zero-order valence-electron chi connectivity index (χ0n) is 8.12. The summed E-state index contributed by atoms with van der Waals surface area (Å²) in [5.74, 6) is 0.991. The Morgan fingerprint density at radius 3 is 3.15 bits per heavy atom. The minimum absolute atomic E-state index is 0.517. The first-order valence-electron chi connectivity index (χ1n) is 4.69. The number of hydrogen-bond acceptors (Lipinski definition) is 2. The fourth-order valence-corrected chi connectivity index (χ4v) is 1.16. The van der Waals surface area contributed by atoms with E-state index in [2.05, 4.69) is 18.8 Å². The van der Waals surface area contributed by atoms with Crippen molar-refractivity contribution < 1.29 is 4.42 Å². The fraction of sp³-hybridized carbons (Fsp3) is 0.455. The second kappa shape index (κ2) is 5.60. The van der Waals surface area contributed by atoms with Gasteiger partial charge in [0.15, 0.2) is 0 Å². The summed E-state index contributed by atoms with van der Waals surface area (Å²) in [6, 6.07) is 4.40. The van der Waals surface area contributed by atoms with E-state index in [0.29, 0.717) is 6.04 Å². The zero-order chi connectivity index (χ0) is 9.52. The molecule has 0 aliphatic carbocycles. The molecule has 2 heteroatoms. The highest BCUT2D eigenvalue weighted by Crippen LogP contribution is 2.02. The van der Waals surface area contributed by atoms with Gasteiger partial charge in [-0.15, -0.1) is 6.58 Å². The van der Waals surface area contributed by atoms with E-state index >= 15 is 0 Å². The van der Waals surface area contributed by atoms with Crippen molar-refractivity contribution in [3.05, 3.63) is 36.8 Å². The SMILES string of the molecule is C=CCC[C@@H](C)NCc1ccco1. The predicted molar refractivity (Wildman–Crippen MR) is 54.4 cm³/mol. The minimum atomic E-state index is 0.517. The monoisotopic (exact) mass is 179 g/mol. The topological polar surface area (TPSA) is 25.2 Å². The van der Waals surface area contributed by atoms with Gasteiger partial charge in [-0.25, -0.2) is 0 Å². The lowest BCUT2D eigenvalue weighted by Gasteiger charge is -2.10. The van der Waals surface area contributed by atoms with E-state index < -0.39 is 0 Å². The second-order valence-electron chi connectivity index (χ2n) is 3.23. The molecular weight excluding hydrogens is 162 g/mol. The van der Waals surface area contributed by atoms with Crippen LogP contribution in [0, 0.1) is 0 Å². The largest absolute Gasteiger partial charge is 0.468 e. The highest BCUT2D eigenvalue weighted by molar-refractivity contribution is 4.97. The molecular formula is C11H17NO. The quantitative estimate of drug-likeness (QED) is 0.679. The van der Waals surface area contributed by atoms with E-state index in [1.807, 2.05) is 18.2 Å². The van der Waals surface area contributed by atoms with Gasteiger partial charge in [-0.1, -0.05) is 6.08 Å². The highest BCUT2D eigenvalue weighted by atomic mass is 16.3. The molecule has 0 spiro atoms. The van der Waals surface area contributed by atoms with Gasteiger partial charge in [0.1, 0.15) is 5.76 Å². The molecule has 1 aromatic rings. The molecule has 1 rings (SSSR count). The molecule has 1 atom stereocenters. The highest BCUT2D eigenvalue weighted by Gasteiger charge is 2.00. The molecule has 13 heavy (non-hydrogen) atoms. The molecule has 0 bridgehead atoms. The Morgan fingerprint density at radius 1 is 1.69 bits per heavy atom. The molecule has 0 aliphatic heterocycles. The summed E-state index contributed by atoms with van der Waals surface area (Å²) in [5, 5.41) is 3.38. The fourth-order valence-electron chi connectivity index (χ4n) is 1.16. The minimum Gasteiger partial charge on any atom is -0.468 e. The van der Waals surface area contributed by atoms with Crippen LogP contribution < -0.4 is 5.32 Å². The van der Waals surface area contributed by atoms with E-state index in [0.717, 1.165) is 25.1 Å². The molecule has 72 valence electrons. The van der Waals surface area contributed by atoms with Crippen LogP contribution in [0.1, 0.15) is 25.5 Å². The van der Waals surface area contributed by atoms with E-state index in [9.17, 15) is 0 Å². The molecule has 1 heterocycles. The van der Waals surface area contributed by atoms with Gasteiger partial charge in [-0.3, -0.25) is 0 Å². The molecule has 0 aromatic carbocycles. The Morgan fingerprint density at radius 2 is 2.54 bits per heavy atom. The van der Waals surface area contributed by atoms with Crippen LogP contribution in [-0.4, -0.2) is 6.04 Å². The Labute approximate surface area is 79.6 Å². The maximum Gasteiger partial charge on any atom is 0.117 e. The number of furan rings is 1. The van der Waals surface area contributed by atoms with Crippen molar-refractivity contribution in [2.45, 2.75) is 32.4 Å². The molecule has 0 radical (unpaired) electrons. The van der Waals surface area contributed by atoms with Crippen molar-refractivity contribution >= 4 is 0 Å². The van der Waals surface area contributed by atoms with E-state index in [-0.39, 0.29) is 0 Å². The van der Waals surface area contributed by atoms with E-state index in [4.69, 9.17) is 4.42 Å². The number of nitrogens with one attached hydrogen (secondary N) is 1. The number of hydrogen-bond donors (Lipinski definition) is 1. The summed E-state index contributed by atoms with van der Waals surface area (Å²) < 4.78 is 5.21. The van der Waals surface area contributed by atoms with Crippen LogP contribution in [0.2, 0.25) is 0 Å². The van der Waals surface area contributed by atoms with Gasteiger partial charge < -0.3 is 9.73 Å². The predicted octanol–water partition coefficient (Wildman–Crippen LogP) is 2.72. The normalized spacial score (nSPS) is 12.7. The smallest absolute Gasteiger partial charge is 0.117 e. The van der Waals surface area contributed by atoms with Gasteiger partial charge in [-0.2, -0.15) is 0 Å². The average Bonchev–Trinajstić information content (AvgIpc) is 2.64. The van der Waals surface area contributed by atoms with Crippen LogP contribution in [0.4, 0.5) is 0 Å². The molecule has 0 amide bonds. The Hall–Kier alpha value is -1.02. The maximum atomic E-state index is 5.21. The van der Waals surface area contributed by atoms with Crippen LogP contribution in [0.15, 0.2) is 35.5 Å². The van der Waals surface area contributed by atoms with Gasteiger partial charge in [0, 0.05) is 6.04 Å². The van der Waals surface area contributed by atoms with Crippen molar-refractivity contribution in [1.29, 1.82) is 0 Å². The van der Waals surface area contributed by atoms with Crippen molar-refractivity contribution in [3.63, 3.8) is 0 Å². The zero-order valence-corrected chi connectivity index (χ0v) is 8.12. The first kappa shape index (κ1) is 10.1. The van der Waals surface area contributed by atoms with E-state index in [1.165, 1.54) is 0 Å². The number of allylic oxidation sites excluding steroid dienone is 1. The molecule has 0 aliphatic rings. The lowest BCUT2D eigenvalue weighted by atomic mass is 10.2. The van der Waals surface area contributed by atoms with Gasteiger partial charge in [-0.05, 0) is 31.9 Å². The third-order valence-electron chi connectivity index (χ3n) is 2.01. The van der Waals surface area contributed by atoms with Crippen LogP contribution >= 0.6 is 0 Å². The summed E-state index contributed by atoms with van der Waals surface area (Å²) in [6.45, 7) is 6.68. The molecule has 1 aromatic heterocycles. The van der Waals surface area contributed by atoms with Gasteiger partial charge in [0.05, 0.1) is 12.8 Å². The summed E-state index contributed by atoms with van der Waals surface area (Å²) in [5.41, 5.74) is 0. The van der Waals surface area contributed by atoms with Gasteiger partial charge in [0.2, 0.25) is 0 Å². The summed E-state index contributed by atoms with van der Waals surface area (Å²) in [4.78, 5) is 0. The Bertz CT molecular complexity index is 228. The van der Waals surface area contributed by atoms with E-state index in [1.54, 1.807) is 6.26 Å². The third kappa shape index (κ3) is 3.95. The first-order chi connectivity index (χ1) is 6.33. The maximum absolute atomic E-state index is 5.21. The van der Waals surface area contributed by atoms with Crippen molar-refractivity contribution in [3.8, 4) is 0 Å². The van der Waals surface area contributed by atoms with Crippen LogP contribution in [0.25, 0.3) is 0 Å². The lowest BCUT2D eigenvalue weighted by Crippen LogP contribution is -2.24. The molecule has 0 unspecified atom stereocenters. The van der Waals surface area contributed by atoms with Crippen LogP contribution in [0.5, 0.6) is 0 Å².